The molecule has 0 aromatic rings. The maximum atomic E-state index is 11.8. The van der Waals surface area contributed by atoms with Crippen molar-refractivity contribution in [3.63, 3.8) is 0 Å². The number of carbonyl (C=O) groups excluding carboxylic acids is 2. The van der Waals surface area contributed by atoms with Crippen LogP contribution < -0.4 is 5.32 Å². The van der Waals surface area contributed by atoms with Gasteiger partial charge in [-0.1, -0.05) is 13.8 Å². The van der Waals surface area contributed by atoms with Gasteiger partial charge in [-0.15, -0.1) is 0 Å². The van der Waals surface area contributed by atoms with Crippen molar-refractivity contribution in [3.8, 4) is 0 Å². The van der Waals surface area contributed by atoms with Gasteiger partial charge >= 0.3 is 0 Å². The highest BCUT2D eigenvalue weighted by atomic mass is 16.5. The van der Waals surface area contributed by atoms with E-state index in [1.54, 1.807) is 0 Å². The number of carbonyl (C=O) groups is 2. The SMILES string of the molecule is CC(C)CC(=O)C(=O)NCC1CCCN(C2CCOCC2)C1. The van der Waals surface area contributed by atoms with Crippen LogP contribution in [-0.2, 0) is 14.3 Å². The fourth-order valence-electron chi connectivity index (χ4n) is 3.44. The Morgan fingerprint density at radius 1 is 1.23 bits per heavy atom. The van der Waals surface area contributed by atoms with Gasteiger partial charge in [0, 0.05) is 38.8 Å². The molecule has 1 unspecified atom stereocenters. The summed E-state index contributed by atoms with van der Waals surface area (Å²) < 4.78 is 5.43. The minimum absolute atomic E-state index is 0.233. The molecule has 22 heavy (non-hydrogen) atoms. The Morgan fingerprint density at radius 3 is 2.64 bits per heavy atom. The summed E-state index contributed by atoms with van der Waals surface area (Å²) in [6.45, 7) is 8.46. The van der Waals surface area contributed by atoms with Crippen LogP contribution in [0.25, 0.3) is 0 Å². The fourth-order valence-corrected chi connectivity index (χ4v) is 3.44. The third-order valence-corrected chi connectivity index (χ3v) is 4.66. The Balaban J connectivity index is 1.73. The number of ether oxygens (including phenoxy) is 1. The molecule has 1 atom stereocenters. The van der Waals surface area contributed by atoms with Crippen molar-refractivity contribution < 1.29 is 14.3 Å². The minimum atomic E-state index is -0.406. The van der Waals surface area contributed by atoms with Gasteiger partial charge in [-0.05, 0) is 44.1 Å². The number of rotatable bonds is 6. The average molecular weight is 310 g/mol. The number of likely N-dealkylation sites (tertiary alicyclic amines) is 1. The summed E-state index contributed by atoms with van der Waals surface area (Å²) >= 11 is 0. The molecule has 0 spiro atoms. The molecule has 5 heteroatoms. The summed E-state index contributed by atoms with van der Waals surface area (Å²) in [7, 11) is 0. The van der Waals surface area contributed by atoms with E-state index < -0.39 is 5.91 Å². The van der Waals surface area contributed by atoms with Crippen molar-refractivity contribution in [2.24, 2.45) is 11.8 Å². The van der Waals surface area contributed by atoms with E-state index in [0.717, 1.165) is 45.6 Å². The Labute approximate surface area is 133 Å². The van der Waals surface area contributed by atoms with Crippen LogP contribution in [0.2, 0.25) is 0 Å². The largest absolute Gasteiger partial charge is 0.381 e. The average Bonchev–Trinajstić information content (AvgIpc) is 2.53. The van der Waals surface area contributed by atoms with Crippen molar-refractivity contribution in [2.75, 3.05) is 32.8 Å². The van der Waals surface area contributed by atoms with Crippen LogP contribution in [0.1, 0.15) is 46.0 Å². The summed E-state index contributed by atoms with van der Waals surface area (Å²) in [5, 5.41) is 2.84. The fraction of sp³-hybridized carbons (Fsp3) is 0.882. The molecule has 2 aliphatic heterocycles. The molecule has 2 saturated heterocycles. The van der Waals surface area contributed by atoms with E-state index in [2.05, 4.69) is 10.2 Å². The van der Waals surface area contributed by atoms with Crippen LogP contribution in [0.5, 0.6) is 0 Å². The summed E-state index contributed by atoms with van der Waals surface area (Å²) in [5.41, 5.74) is 0. The van der Waals surface area contributed by atoms with Crippen LogP contribution in [0, 0.1) is 11.8 Å². The topological polar surface area (TPSA) is 58.6 Å². The molecule has 0 aliphatic carbocycles. The van der Waals surface area contributed by atoms with Crippen molar-refractivity contribution in [3.05, 3.63) is 0 Å². The third-order valence-electron chi connectivity index (χ3n) is 4.66. The zero-order chi connectivity index (χ0) is 15.9. The van der Waals surface area contributed by atoms with Gasteiger partial charge in [0.2, 0.25) is 5.78 Å². The second-order valence-electron chi connectivity index (χ2n) is 7.08. The van der Waals surface area contributed by atoms with E-state index in [4.69, 9.17) is 4.74 Å². The highest BCUT2D eigenvalue weighted by Crippen LogP contribution is 2.22. The molecule has 0 radical (unpaired) electrons. The Hall–Kier alpha value is -0.940. The number of Topliss-reactive ketones (excluding diaryl/α,β-unsaturated/α-hetero) is 1. The maximum Gasteiger partial charge on any atom is 0.287 e. The monoisotopic (exact) mass is 310 g/mol. The number of nitrogens with zero attached hydrogens (tertiary/aromatic N) is 1. The standard InChI is InChI=1S/C17H30N2O3/c1-13(2)10-16(20)17(21)18-11-14-4-3-7-19(12-14)15-5-8-22-9-6-15/h13-15H,3-12H2,1-2H3,(H,18,21). The van der Waals surface area contributed by atoms with Gasteiger partial charge in [-0.3, -0.25) is 14.5 Å². The lowest BCUT2D eigenvalue weighted by Crippen LogP contribution is -2.48. The first-order valence-corrected chi connectivity index (χ1v) is 8.69. The number of hydrogen-bond acceptors (Lipinski definition) is 4. The van der Waals surface area contributed by atoms with E-state index in [1.165, 1.54) is 6.42 Å². The summed E-state index contributed by atoms with van der Waals surface area (Å²) in [5.74, 6) is 0.00771. The molecule has 126 valence electrons. The van der Waals surface area contributed by atoms with Gasteiger partial charge < -0.3 is 10.1 Å². The van der Waals surface area contributed by atoms with Crippen LogP contribution in [0.3, 0.4) is 0 Å². The lowest BCUT2D eigenvalue weighted by molar-refractivity contribution is -0.138. The number of ketones is 1. The van der Waals surface area contributed by atoms with Crippen LogP contribution in [0.4, 0.5) is 0 Å². The molecule has 2 rings (SSSR count). The molecule has 0 aromatic carbocycles. The van der Waals surface area contributed by atoms with Gasteiger partial charge in [0.05, 0.1) is 0 Å². The van der Waals surface area contributed by atoms with E-state index >= 15 is 0 Å². The Morgan fingerprint density at radius 2 is 1.95 bits per heavy atom. The quantitative estimate of drug-likeness (QED) is 0.757. The molecule has 5 nitrogen and oxygen atoms in total. The van der Waals surface area contributed by atoms with E-state index in [1.807, 2.05) is 13.8 Å². The molecular formula is C17H30N2O3. The normalized spacial score (nSPS) is 24.4. The van der Waals surface area contributed by atoms with E-state index in [9.17, 15) is 9.59 Å². The number of nitrogens with one attached hydrogen (secondary N) is 1. The third kappa shape index (κ3) is 5.36. The predicted molar refractivity (Wildman–Crippen MR) is 85.6 cm³/mol. The van der Waals surface area contributed by atoms with E-state index in [-0.39, 0.29) is 11.7 Å². The first-order chi connectivity index (χ1) is 10.6. The molecular weight excluding hydrogens is 280 g/mol. The lowest BCUT2D eigenvalue weighted by atomic mass is 9.94. The smallest absolute Gasteiger partial charge is 0.287 e. The van der Waals surface area contributed by atoms with Gasteiger partial charge in [0.15, 0.2) is 0 Å². The first-order valence-electron chi connectivity index (χ1n) is 8.69. The van der Waals surface area contributed by atoms with E-state index in [0.29, 0.717) is 24.9 Å². The van der Waals surface area contributed by atoms with Crippen molar-refractivity contribution in [1.82, 2.24) is 10.2 Å². The zero-order valence-corrected chi connectivity index (χ0v) is 14.0. The Kier molecular flexibility index (Phi) is 6.83. The van der Waals surface area contributed by atoms with Crippen molar-refractivity contribution in [2.45, 2.75) is 52.0 Å². The van der Waals surface area contributed by atoms with Crippen LogP contribution >= 0.6 is 0 Å². The predicted octanol–water partition coefficient (Wildman–Crippen LogP) is 1.61. The molecule has 0 aromatic heterocycles. The molecule has 0 saturated carbocycles. The molecule has 0 bridgehead atoms. The van der Waals surface area contributed by atoms with Crippen molar-refractivity contribution >= 4 is 11.7 Å². The summed E-state index contributed by atoms with van der Waals surface area (Å²) in [4.78, 5) is 26.1. The summed E-state index contributed by atoms with van der Waals surface area (Å²) in [6.07, 6.45) is 4.89. The number of piperidine rings is 1. The minimum Gasteiger partial charge on any atom is -0.381 e. The number of amides is 1. The maximum absolute atomic E-state index is 11.8. The van der Waals surface area contributed by atoms with Gasteiger partial charge in [-0.2, -0.15) is 0 Å². The second-order valence-corrected chi connectivity index (χ2v) is 7.08. The lowest BCUT2D eigenvalue weighted by Gasteiger charge is -2.40. The molecule has 1 N–H and O–H groups in total. The highest BCUT2D eigenvalue weighted by molar-refractivity contribution is 6.36. The van der Waals surface area contributed by atoms with Crippen LogP contribution in [0.15, 0.2) is 0 Å². The molecule has 2 heterocycles. The first kappa shape index (κ1) is 17.4. The molecule has 2 aliphatic rings. The van der Waals surface area contributed by atoms with Gasteiger partial charge in [-0.25, -0.2) is 0 Å². The highest BCUT2D eigenvalue weighted by Gasteiger charge is 2.27. The molecule has 1 amide bonds. The molecule has 2 fully saturated rings. The second kappa shape index (κ2) is 8.63. The Bertz CT molecular complexity index is 378. The zero-order valence-electron chi connectivity index (χ0n) is 14.0. The summed E-state index contributed by atoms with van der Waals surface area (Å²) in [6, 6.07) is 0.634. The van der Waals surface area contributed by atoms with Gasteiger partial charge in [0.1, 0.15) is 0 Å². The van der Waals surface area contributed by atoms with Crippen molar-refractivity contribution in [1.29, 1.82) is 0 Å². The number of hydrogen-bond donors (Lipinski definition) is 1. The van der Waals surface area contributed by atoms with Gasteiger partial charge in [0.25, 0.3) is 5.91 Å². The van der Waals surface area contributed by atoms with Crippen LogP contribution in [-0.4, -0.2) is 55.5 Å².